The molecule has 0 aliphatic rings. The van der Waals surface area contributed by atoms with Crippen molar-refractivity contribution >= 4 is 0 Å². The molecule has 0 aromatic heterocycles. The lowest BCUT2D eigenvalue weighted by Gasteiger charge is -2.27. The minimum absolute atomic E-state index is 0.401. The maximum absolute atomic E-state index is 5.75. The molecule has 0 spiro atoms. The summed E-state index contributed by atoms with van der Waals surface area (Å²) in [6.07, 6.45) is 0. The molecule has 0 saturated carbocycles. The maximum atomic E-state index is 5.75. The van der Waals surface area contributed by atoms with E-state index in [1.807, 2.05) is 6.07 Å². The fourth-order valence-electron chi connectivity index (χ4n) is 2.25. The number of hydrogen-bond donors (Lipinski definition) is 1. The number of hydrogen-bond acceptors (Lipinski definition) is 4. The van der Waals surface area contributed by atoms with Gasteiger partial charge in [0.15, 0.2) is 0 Å². The molecule has 2 N–H and O–H groups in total. The van der Waals surface area contributed by atoms with Crippen LogP contribution in [0, 0.1) is 0 Å². The molecule has 0 saturated heterocycles. The highest BCUT2D eigenvalue weighted by Gasteiger charge is 2.13. The van der Waals surface area contributed by atoms with E-state index in [2.05, 4.69) is 30.9 Å². The van der Waals surface area contributed by atoms with Crippen LogP contribution in [0.4, 0.5) is 0 Å². The Morgan fingerprint density at radius 2 is 2.05 bits per heavy atom. The molecule has 0 radical (unpaired) electrons. The normalized spacial score (nSPS) is 12.7. The fraction of sp³-hybridized carbons (Fsp3) is 0.600. The van der Waals surface area contributed by atoms with Crippen molar-refractivity contribution in [1.29, 1.82) is 0 Å². The number of likely N-dealkylation sites (N-methyl/N-ethyl adjacent to an activating group) is 1. The van der Waals surface area contributed by atoms with E-state index in [0.29, 0.717) is 12.6 Å². The molecule has 0 amide bonds. The Balaban J connectivity index is 2.79. The van der Waals surface area contributed by atoms with Crippen LogP contribution in [0.1, 0.15) is 25.0 Å². The van der Waals surface area contributed by atoms with E-state index in [-0.39, 0.29) is 0 Å². The summed E-state index contributed by atoms with van der Waals surface area (Å²) in [6, 6.07) is 6.62. The topological polar surface area (TPSA) is 47.7 Å². The Morgan fingerprint density at radius 1 is 1.32 bits per heavy atom. The summed E-state index contributed by atoms with van der Waals surface area (Å²) in [6.45, 7) is 7.48. The van der Waals surface area contributed by atoms with Crippen molar-refractivity contribution in [2.45, 2.75) is 33.0 Å². The highest BCUT2D eigenvalue weighted by Crippen LogP contribution is 2.20. The van der Waals surface area contributed by atoms with Gasteiger partial charge in [-0.1, -0.05) is 13.0 Å². The molecule has 0 fully saturated rings. The van der Waals surface area contributed by atoms with Crippen molar-refractivity contribution in [3.63, 3.8) is 0 Å². The maximum Gasteiger partial charge on any atom is 0.123 e. The first-order valence-corrected chi connectivity index (χ1v) is 6.75. The van der Waals surface area contributed by atoms with Crippen molar-refractivity contribution < 1.29 is 9.47 Å². The Morgan fingerprint density at radius 3 is 2.58 bits per heavy atom. The Hall–Kier alpha value is -1.10. The van der Waals surface area contributed by atoms with Gasteiger partial charge in [0.2, 0.25) is 0 Å². The average Bonchev–Trinajstić information content (AvgIpc) is 2.44. The number of nitrogens with zero attached hydrogens (tertiary/aromatic N) is 1. The van der Waals surface area contributed by atoms with Gasteiger partial charge in [-0.05, 0) is 31.2 Å². The second-order valence-electron chi connectivity index (χ2n) is 4.72. The molecule has 1 aromatic carbocycles. The summed E-state index contributed by atoms with van der Waals surface area (Å²) in [4.78, 5) is 2.38. The predicted octanol–water partition coefficient (Wildman–Crippen LogP) is 2.01. The molecule has 4 nitrogen and oxygen atoms in total. The van der Waals surface area contributed by atoms with Crippen LogP contribution >= 0.6 is 0 Å². The van der Waals surface area contributed by atoms with Crippen LogP contribution in [0.3, 0.4) is 0 Å². The first kappa shape index (κ1) is 16.0. The lowest BCUT2D eigenvalue weighted by Crippen LogP contribution is -2.35. The van der Waals surface area contributed by atoms with Gasteiger partial charge >= 0.3 is 0 Å². The molecular formula is C15H26N2O2. The minimum atomic E-state index is 0.401. The van der Waals surface area contributed by atoms with Crippen LogP contribution < -0.4 is 10.5 Å². The van der Waals surface area contributed by atoms with E-state index in [0.717, 1.165) is 31.0 Å². The fourth-order valence-corrected chi connectivity index (χ4v) is 2.25. The largest absolute Gasteiger partial charge is 0.496 e. The second kappa shape index (κ2) is 8.15. The third kappa shape index (κ3) is 4.49. The minimum Gasteiger partial charge on any atom is -0.496 e. The summed E-state index contributed by atoms with van der Waals surface area (Å²) in [5.74, 6) is 0.860. The van der Waals surface area contributed by atoms with Gasteiger partial charge in [-0.25, -0.2) is 0 Å². The van der Waals surface area contributed by atoms with Gasteiger partial charge in [-0.15, -0.1) is 0 Å². The second-order valence-corrected chi connectivity index (χ2v) is 4.72. The van der Waals surface area contributed by atoms with Gasteiger partial charge in [0.05, 0.1) is 13.7 Å². The molecule has 0 heterocycles. The molecule has 4 heteroatoms. The number of rotatable bonds is 8. The molecule has 0 bridgehead atoms. The lowest BCUT2D eigenvalue weighted by atomic mass is 10.1. The number of methoxy groups -OCH3 is 2. The van der Waals surface area contributed by atoms with Crippen molar-refractivity contribution in [2.24, 2.45) is 5.73 Å². The molecule has 0 aliphatic carbocycles. The molecule has 1 atom stereocenters. The average molecular weight is 266 g/mol. The summed E-state index contributed by atoms with van der Waals surface area (Å²) in [5, 5.41) is 0. The monoisotopic (exact) mass is 266 g/mol. The summed E-state index contributed by atoms with van der Waals surface area (Å²) < 4.78 is 10.5. The molecular weight excluding hydrogens is 240 g/mol. The number of nitrogens with two attached hydrogens (primary N) is 1. The van der Waals surface area contributed by atoms with E-state index in [1.165, 1.54) is 5.56 Å². The standard InChI is InChI=1S/C15H26N2O2/c1-5-17(12(2)11-18-3)10-13-6-7-15(19-4)14(8-13)9-16/h6-8,12H,5,9-11,16H2,1-4H3. The third-order valence-corrected chi connectivity index (χ3v) is 3.39. The van der Waals surface area contributed by atoms with E-state index in [1.54, 1.807) is 14.2 Å². The summed E-state index contributed by atoms with van der Waals surface area (Å²) in [7, 11) is 3.41. The Kier molecular flexibility index (Phi) is 6.84. The summed E-state index contributed by atoms with van der Waals surface area (Å²) >= 11 is 0. The molecule has 108 valence electrons. The van der Waals surface area contributed by atoms with Crippen LogP contribution in [0.5, 0.6) is 5.75 Å². The van der Waals surface area contributed by atoms with Crippen LogP contribution in [-0.2, 0) is 17.8 Å². The molecule has 1 rings (SSSR count). The summed E-state index contributed by atoms with van der Waals surface area (Å²) in [5.41, 5.74) is 8.06. The van der Waals surface area contributed by atoms with Gasteiger partial charge in [-0.3, -0.25) is 4.90 Å². The SMILES string of the molecule is CCN(Cc1ccc(OC)c(CN)c1)C(C)COC. The van der Waals surface area contributed by atoms with E-state index in [4.69, 9.17) is 15.2 Å². The molecule has 0 aliphatic heterocycles. The first-order valence-electron chi connectivity index (χ1n) is 6.75. The van der Waals surface area contributed by atoms with Crippen LogP contribution in [0.15, 0.2) is 18.2 Å². The van der Waals surface area contributed by atoms with Gasteiger partial charge in [0, 0.05) is 31.8 Å². The highest BCUT2D eigenvalue weighted by molar-refractivity contribution is 5.37. The molecule has 19 heavy (non-hydrogen) atoms. The van der Waals surface area contributed by atoms with Crippen molar-refractivity contribution in [2.75, 3.05) is 27.4 Å². The zero-order valence-electron chi connectivity index (χ0n) is 12.5. The quantitative estimate of drug-likeness (QED) is 0.782. The van der Waals surface area contributed by atoms with Gasteiger partial charge in [0.1, 0.15) is 5.75 Å². The molecule has 1 aromatic rings. The van der Waals surface area contributed by atoms with E-state index in [9.17, 15) is 0 Å². The lowest BCUT2D eigenvalue weighted by molar-refractivity contribution is 0.0982. The number of benzene rings is 1. The van der Waals surface area contributed by atoms with Gasteiger partial charge < -0.3 is 15.2 Å². The van der Waals surface area contributed by atoms with Crippen LogP contribution in [0.2, 0.25) is 0 Å². The van der Waals surface area contributed by atoms with Gasteiger partial charge in [0.25, 0.3) is 0 Å². The van der Waals surface area contributed by atoms with E-state index < -0.39 is 0 Å². The zero-order valence-corrected chi connectivity index (χ0v) is 12.5. The zero-order chi connectivity index (χ0) is 14.3. The van der Waals surface area contributed by atoms with Gasteiger partial charge in [-0.2, -0.15) is 0 Å². The smallest absolute Gasteiger partial charge is 0.123 e. The van der Waals surface area contributed by atoms with Crippen LogP contribution in [0.25, 0.3) is 0 Å². The number of ether oxygens (including phenoxy) is 2. The third-order valence-electron chi connectivity index (χ3n) is 3.39. The first-order chi connectivity index (χ1) is 9.15. The predicted molar refractivity (Wildman–Crippen MR) is 78.3 cm³/mol. The Labute approximate surface area is 116 Å². The van der Waals surface area contributed by atoms with E-state index >= 15 is 0 Å². The van der Waals surface area contributed by atoms with Crippen LogP contribution in [-0.4, -0.2) is 38.3 Å². The molecule has 1 unspecified atom stereocenters. The Bertz CT molecular complexity index is 382. The highest BCUT2D eigenvalue weighted by atomic mass is 16.5. The van der Waals surface area contributed by atoms with Crippen molar-refractivity contribution in [3.05, 3.63) is 29.3 Å². The van der Waals surface area contributed by atoms with Crippen molar-refractivity contribution in [3.8, 4) is 5.75 Å². The van der Waals surface area contributed by atoms with Crippen molar-refractivity contribution in [1.82, 2.24) is 4.90 Å².